The van der Waals surface area contributed by atoms with Crippen LogP contribution in [0, 0.1) is 0 Å². The van der Waals surface area contributed by atoms with Gasteiger partial charge >= 0.3 is 0 Å². The first-order valence-corrected chi connectivity index (χ1v) is 9.60. The molecule has 4 heteroatoms. The third-order valence-corrected chi connectivity index (χ3v) is 5.76. The molecule has 1 amide bonds. The lowest BCUT2D eigenvalue weighted by atomic mass is 9.80. The molecular weight excluding hydrogens is 336 g/mol. The van der Waals surface area contributed by atoms with Crippen molar-refractivity contribution in [3.8, 4) is 5.75 Å². The fourth-order valence-corrected chi connectivity index (χ4v) is 4.45. The van der Waals surface area contributed by atoms with Crippen LogP contribution >= 0.6 is 0 Å². The molecule has 1 unspecified atom stereocenters. The third kappa shape index (κ3) is 2.75. The Hall–Kier alpha value is -2.62. The molecule has 2 aliphatic heterocycles. The summed E-state index contributed by atoms with van der Waals surface area (Å²) in [6.45, 7) is 8.62. The van der Waals surface area contributed by atoms with Crippen molar-refractivity contribution >= 4 is 23.0 Å². The SMILES string of the molecule is CCc1ccc(N=C2C(=O)N3c4c2cc(OC)cc4C(C)CC3(C)C)cc1. The summed E-state index contributed by atoms with van der Waals surface area (Å²) in [5.74, 6) is 1.12. The van der Waals surface area contributed by atoms with Crippen LogP contribution in [0.1, 0.15) is 56.7 Å². The largest absolute Gasteiger partial charge is 0.497 e. The molecule has 2 aromatic carbocycles. The van der Waals surface area contributed by atoms with Crippen LogP contribution in [0.15, 0.2) is 41.4 Å². The van der Waals surface area contributed by atoms with E-state index < -0.39 is 0 Å². The van der Waals surface area contributed by atoms with Crippen LogP contribution < -0.4 is 9.64 Å². The number of carbonyl (C=O) groups excluding carboxylic acids is 1. The van der Waals surface area contributed by atoms with E-state index in [0.29, 0.717) is 11.6 Å². The zero-order valence-corrected chi connectivity index (χ0v) is 16.7. The molecule has 140 valence electrons. The summed E-state index contributed by atoms with van der Waals surface area (Å²) in [6.07, 6.45) is 1.90. The molecule has 0 saturated carbocycles. The van der Waals surface area contributed by atoms with E-state index in [-0.39, 0.29) is 11.4 Å². The Labute approximate surface area is 160 Å². The summed E-state index contributed by atoms with van der Waals surface area (Å²) in [6, 6.07) is 12.1. The van der Waals surface area contributed by atoms with Gasteiger partial charge in [-0.3, -0.25) is 4.79 Å². The number of hydrogen-bond acceptors (Lipinski definition) is 3. The van der Waals surface area contributed by atoms with Crippen molar-refractivity contribution in [2.75, 3.05) is 12.0 Å². The Balaban J connectivity index is 1.92. The van der Waals surface area contributed by atoms with Crippen molar-refractivity contribution in [3.63, 3.8) is 0 Å². The second-order valence-corrected chi connectivity index (χ2v) is 8.15. The molecule has 0 radical (unpaired) electrons. The van der Waals surface area contributed by atoms with Crippen LogP contribution in [0.2, 0.25) is 0 Å². The van der Waals surface area contributed by atoms with Gasteiger partial charge in [-0.05, 0) is 68.0 Å². The Bertz CT molecular complexity index is 942. The first kappa shape index (κ1) is 17.8. The monoisotopic (exact) mass is 362 g/mol. The third-order valence-electron chi connectivity index (χ3n) is 5.76. The predicted molar refractivity (Wildman–Crippen MR) is 110 cm³/mol. The molecule has 2 heterocycles. The van der Waals surface area contributed by atoms with Gasteiger partial charge in [0.2, 0.25) is 0 Å². The minimum Gasteiger partial charge on any atom is -0.497 e. The highest BCUT2D eigenvalue weighted by Gasteiger charge is 2.48. The topological polar surface area (TPSA) is 41.9 Å². The normalized spacial score (nSPS) is 21.5. The average Bonchev–Trinajstić information content (AvgIpc) is 2.93. The summed E-state index contributed by atoms with van der Waals surface area (Å²) in [7, 11) is 1.67. The lowest BCUT2D eigenvalue weighted by molar-refractivity contribution is -0.113. The van der Waals surface area contributed by atoms with Gasteiger partial charge in [0.1, 0.15) is 11.5 Å². The molecule has 0 aliphatic carbocycles. The zero-order chi connectivity index (χ0) is 19.3. The van der Waals surface area contributed by atoms with Crippen molar-refractivity contribution in [2.45, 2.75) is 52.0 Å². The number of carbonyl (C=O) groups is 1. The Morgan fingerprint density at radius 2 is 1.93 bits per heavy atom. The van der Waals surface area contributed by atoms with Crippen LogP contribution in [0.5, 0.6) is 5.75 Å². The van der Waals surface area contributed by atoms with Crippen molar-refractivity contribution in [1.82, 2.24) is 0 Å². The summed E-state index contributed by atoms with van der Waals surface area (Å²) in [4.78, 5) is 20.1. The Kier molecular flexibility index (Phi) is 4.10. The molecule has 1 atom stereocenters. The summed E-state index contributed by atoms with van der Waals surface area (Å²) < 4.78 is 5.52. The van der Waals surface area contributed by atoms with E-state index in [1.54, 1.807) is 7.11 Å². The van der Waals surface area contributed by atoms with Crippen molar-refractivity contribution in [3.05, 3.63) is 53.1 Å². The van der Waals surface area contributed by atoms with Crippen LogP contribution in [0.4, 0.5) is 11.4 Å². The van der Waals surface area contributed by atoms with E-state index in [4.69, 9.17) is 9.73 Å². The number of aryl methyl sites for hydroxylation is 1. The molecule has 2 aliphatic rings. The zero-order valence-electron chi connectivity index (χ0n) is 16.7. The predicted octanol–water partition coefficient (Wildman–Crippen LogP) is 5.01. The number of rotatable bonds is 3. The highest BCUT2D eigenvalue weighted by atomic mass is 16.5. The average molecular weight is 362 g/mol. The van der Waals surface area contributed by atoms with Crippen molar-refractivity contribution < 1.29 is 9.53 Å². The highest BCUT2D eigenvalue weighted by Crippen LogP contribution is 2.50. The Morgan fingerprint density at radius 3 is 2.56 bits per heavy atom. The van der Waals surface area contributed by atoms with E-state index in [2.05, 4.69) is 45.9 Å². The van der Waals surface area contributed by atoms with Gasteiger partial charge in [-0.1, -0.05) is 26.0 Å². The number of amides is 1. The van der Waals surface area contributed by atoms with E-state index >= 15 is 0 Å². The quantitative estimate of drug-likeness (QED) is 0.770. The van der Waals surface area contributed by atoms with Gasteiger partial charge in [0.15, 0.2) is 0 Å². The van der Waals surface area contributed by atoms with E-state index in [0.717, 1.165) is 35.5 Å². The molecule has 0 spiro atoms. The fourth-order valence-electron chi connectivity index (χ4n) is 4.45. The molecule has 0 fully saturated rings. The minimum absolute atomic E-state index is 0.0176. The van der Waals surface area contributed by atoms with E-state index in [1.165, 1.54) is 11.1 Å². The summed E-state index contributed by atoms with van der Waals surface area (Å²) in [5, 5.41) is 0. The second-order valence-electron chi connectivity index (χ2n) is 8.15. The number of nitrogens with zero attached hydrogens (tertiary/aromatic N) is 2. The van der Waals surface area contributed by atoms with Gasteiger partial charge in [0.25, 0.3) is 5.91 Å². The van der Waals surface area contributed by atoms with Crippen molar-refractivity contribution in [2.24, 2.45) is 4.99 Å². The molecule has 27 heavy (non-hydrogen) atoms. The minimum atomic E-state index is -0.240. The smallest absolute Gasteiger partial charge is 0.278 e. The first-order valence-electron chi connectivity index (χ1n) is 9.60. The number of ether oxygens (including phenoxy) is 1. The fraction of sp³-hybridized carbons (Fsp3) is 0.391. The van der Waals surface area contributed by atoms with Crippen molar-refractivity contribution in [1.29, 1.82) is 0 Å². The van der Waals surface area contributed by atoms with Gasteiger partial charge in [-0.25, -0.2) is 4.99 Å². The van der Waals surface area contributed by atoms with E-state index in [9.17, 15) is 4.79 Å². The maximum Gasteiger partial charge on any atom is 0.278 e. The van der Waals surface area contributed by atoms with Gasteiger partial charge in [0, 0.05) is 11.1 Å². The number of methoxy groups -OCH3 is 1. The van der Waals surface area contributed by atoms with E-state index in [1.807, 2.05) is 23.1 Å². The molecule has 0 aromatic heterocycles. The van der Waals surface area contributed by atoms with Crippen LogP contribution in [0.25, 0.3) is 0 Å². The molecular formula is C23H26N2O2. The lowest BCUT2D eigenvalue weighted by Gasteiger charge is -2.43. The summed E-state index contributed by atoms with van der Waals surface area (Å²) in [5.41, 5.74) is 5.39. The number of aliphatic imine (C=N–C) groups is 1. The molecule has 2 aromatic rings. The summed E-state index contributed by atoms with van der Waals surface area (Å²) >= 11 is 0. The molecule has 4 rings (SSSR count). The molecule has 0 saturated heterocycles. The highest BCUT2D eigenvalue weighted by molar-refractivity contribution is 6.55. The molecule has 0 N–H and O–H groups in total. The molecule has 4 nitrogen and oxygen atoms in total. The maximum atomic E-state index is 13.4. The maximum absolute atomic E-state index is 13.4. The molecule has 0 bridgehead atoms. The van der Waals surface area contributed by atoms with Crippen LogP contribution in [-0.2, 0) is 11.2 Å². The number of hydrogen-bond donors (Lipinski definition) is 0. The van der Waals surface area contributed by atoms with Gasteiger partial charge in [-0.15, -0.1) is 0 Å². The van der Waals surface area contributed by atoms with Crippen LogP contribution in [-0.4, -0.2) is 24.3 Å². The van der Waals surface area contributed by atoms with Gasteiger partial charge in [0.05, 0.1) is 18.5 Å². The van der Waals surface area contributed by atoms with Gasteiger partial charge in [-0.2, -0.15) is 0 Å². The first-order chi connectivity index (χ1) is 12.9. The number of anilines is 1. The van der Waals surface area contributed by atoms with Crippen LogP contribution in [0.3, 0.4) is 0 Å². The Morgan fingerprint density at radius 1 is 1.22 bits per heavy atom. The standard InChI is InChI=1S/C23H26N2O2/c1-6-15-7-9-16(10-8-15)24-20-19-12-17(27-5)11-18-14(2)13-23(3,4)25(21(18)19)22(20)26/h7-12,14H,6,13H2,1-5H3. The lowest BCUT2D eigenvalue weighted by Crippen LogP contribution is -2.50. The number of benzene rings is 2. The van der Waals surface area contributed by atoms with Gasteiger partial charge < -0.3 is 9.64 Å². The second kappa shape index (κ2) is 6.22.